The number of nitrogens with one attached hydrogen (secondary N) is 1. The quantitative estimate of drug-likeness (QED) is 0.594. The molecule has 9 heteroatoms. The van der Waals surface area contributed by atoms with Crippen molar-refractivity contribution in [2.24, 2.45) is 5.92 Å². The molecule has 0 aliphatic rings. The summed E-state index contributed by atoms with van der Waals surface area (Å²) in [5.41, 5.74) is 0. The number of amides is 1. The van der Waals surface area contributed by atoms with Crippen LogP contribution in [0.5, 0.6) is 0 Å². The highest BCUT2D eigenvalue weighted by atomic mass is 32.2. The van der Waals surface area contributed by atoms with Crippen LogP contribution in [0.25, 0.3) is 0 Å². The van der Waals surface area contributed by atoms with Gasteiger partial charge in [-0.2, -0.15) is 17.0 Å². The van der Waals surface area contributed by atoms with Crippen LogP contribution >= 0.6 is 0 Å². The highest BCUT2D eigenvalue weighted by molar-refractivity contribution is 7.86. The van der Waals surface area contributed by atoms with E-state index < -0.39 is 22.1 Å². The molecular weight excluding hydrogens is 274 g/mol. The molecule has 1 amide bonds. The Kier molecular flexibility index (Phi) is 6.95. The second kappa shape index (κ2) is 7.41. The van der Waals surface area contributed by atoms with E-state index in [0.29, 0.717) is 0 Å². The van der Waals surface area contributed by atoms with Gasteiger partial charge in [-0.05, 0) is 0 Å². The minimum absolute atomic E-state index is 0.0272. The van der Waals surface area contributed by atoms with Crippen molar-refractivity contribution >= 4 is 22.1 Å². The Balaban J connectivity index is 4.63. The Labute approximate surface area is 113 Å². The number of aliphatic carboxylic acids is 1. The van der Waals surface area contributed by atoms with E-state index in [1.165, 1.54) is 21.1 Å². The largest absolute Gasteiger partial charge is 0.481 e. The van der Waals surface area contributed by atoms with Gasteiger partial charge in [-0.15, -0.1) is 0 Å². The minimum atomic E-state index is -3.75. The van der Waals surface area contributed by atoms with Crippen LogP contribution in [-0.2, 0) is 19.8 Å². The lowest BCUT2D eigenvalue weighted by Gasteiger charge is -2.25. The lowest BCUT2D eigenvalue weighted by atomic mass is 10.2. The van der Waals surface area contributed by atoms with Crippen LogP contribution in [0.4, 0.5) is 0 Å². The third kappa shape index (κ3) is 5.53. The van der Waals surface area contributed by atoms with Crippen molar-refractivity contribution in [1.29, 1.82) is 0 Å². The fraction of sp³-hybridized carbons (Fsp3) is 0.800. The van der Waals surface area contributed by atoms with E-state index >= 15 is 0 Å². The third-order valence-electron chi connectivity index (χ3n) is 2.65. The summed E-state index contributed by atoms with van der Waals surface area (Å²) < 4.78 is 26.0. The van der Waals surface area contributed by atoms with Gasteiger partial charge in [0.05, 0.1) is 6.42 Å². The molecule has 19 heavy (non-hydrogen) atoms. The highest BCUT2D eigenvalue weighted by Crippen LogP contribution is 2.08. The summed E-state index contributed by atoms with van der Waals surface area (Å²) in [5, 5.41) is 11.0. The van der Waals surface area contributed by atoms with Crippen molar-refractivity contribution in [3.63, 3.8) is 0 Å². The van der Waals surface area contributed by atoms with Gasteiger partial charge >= 0.3 is 5.97 Å². The van der Waals surface area contributed by atoms with Gasteiger partial charge in [-0.25, -0.2) is 0 Å². The molecule has 0 aliphatic heterocycles. The number of carbonyl (C=O) groups is 2. The van der Waals surface area contributed by atoms with E-state index in [-0.39, 0.29) is 25.4 Å². The summed E-state index contributed by atoms with van der Waals surface area (Å²) in [5.74, 6) is -1.81. The molecule has 0 aromatic heterocycles. The Morgan fingerprint density at radius 3 is 2.21 bits per heavy atom. The molecule has 2 N–H and O–H groups in total. The normalized spacial score (nSPS) is 13.6. The zero-order valence-corrected chi connectivity index (χ0v) is 12.4. The maximum absolute atomic E-state index is 12.0. The molecular formula is C10H21N3O5S. The lowest BCUT2D eigenvalue weighted by Crippen LogP contribution is -2.44. The van der Waals surface area contributed by atoms with Gasteiger partial charge in [0.25, 0.3) is 10.2 Å². The molecule has 0 heterocycles. The fourth-order valence-electron chi connectivity index (χ4n) is 1.42. The average Bonchev–Trinajstić information content (AvgIpc) is 2.34. The molecule has 0 radical (unpaired) electrons. The van der Waals surface area contributed by atoms with E-state index in [9.17, 15) is 18.0 Å². The first-order valence-electron chi connectivity index (χ1n) is 5.74. The number of rotatable bonds is 8. The van der Waals surface area contributed by atoms with Crippen molar-refractivity contribution in [2.75, 3.05) is 34.2 Å². The summed E-state index contributed by atoms with van der Waals surface area (Å²) in [6.45, 7) is 1.53. The number of carboxylic acids is 1. The van der Waals surface area contributed by atoms with Crippen LogP contribution < -0.4 is 5.32 Å². The molecule has 1 atom stereocenters. The lowest BCUT2D eigenvalue weighted by molar-refractivity contribution is -0.137. The Morgan fingerprint density at radius 2 is 1.79 bits per heavy atom. The summed E-state index contributed by atoms with van der Waals surface area (Å²) >= 11 is 0. The fourth-order valence-corrected chi connectivity index (χ4v) is 2.63. The Hall–Kier alpha value is -1.19. The highest BCUT2D eigenvalue weighted by Gasteiger charge is 2.26. The topological polar surface area (TPSA) is 107 Å². The average molecular weight is 295 g/mol. The Morgan fingerprint density at radius 1 is 1.26 bits per heavy atom. The maximum Gasteiger partial charge on any atom is 0.304 e. The number of carboxylic acid groups (broad SMARTS) is 1. The predicted octanol–water partition coefficient (Wildman–Crippen LogP) is -1.05. The van der Waals surface area contributed by atoms with Gasteiger partial charge in [0.1, 0.15) is 0 Å². The smallest absolute Gasteiger partial charge is 0.304 e. The minimum Gasteiger partial charge on any atom is -0.481 e. The number of nitrogens with zero attached hydrogens (tertiary/aromatic N) is 2. The van der Waals surface area contributed by atoms with E-state index in [0.717, 1.165) is 8.61 Å². The molecule has 0 spiro atoms. The van der Waals surface area contributed by atoms with E-state index in [2.05, 4.69) is 5.32 Å². The molecule has 0 saturated heterocycles. The van der Waals surface area contributed by atoms with Gasteiger partial charge in [0, 0.05) is 40.2 Å². The van der Waals surface area contributed by atoms with Gasteiger partial charge < -0.3 is 10.4 Å². The van der Waals surface area contributed by atoms with Crippen LogP contribution in [-0.4, -0.2) is 68.2 Å². The van der Waals surface area contributed by atoms with Crippen molar-refractivity contribution in [3.05, 3.63) is 0 Å². The molecule has 1 unspecified atom stereocenters. The molecule has 0 aromatic carbocycles. The van der Waals surface area contributed by atoms with Crippen LogP contribution in [0.15, 0.2) is 0 Å². The third-order valence-corrected chi connectivity index (χ3v) is 4.56. The zero-order chi connectivity index (χ0) is 15.2. The predicted molar refractivity (Wildman–Crippen MR) is 69.7 cm³/mol. The first-order chi connectivity index (χ1) is 8.62. The van der Waals surface area contributed by atoms with Crippen LogP contribution in [0.2, 0.25) is 0 Å². The van der Waals surface area contributed by atoms with Crippen LogP contribution in [0.1, 0.15) is 13.3 Å². The summed E-state index contributed by atoms with van der Waals surface area (Å²) in [4.78, 5) is 21.8. The van der Waals surface area contributed by atoms with Crippen LogP contribution in [0.3, 0.4) is 0 Å². The molecule has 0 fully saturated rings. The molecule has 0 rings (SSSR count). The number of carbonyl (C=O) groups excluding carboxylic acids is 1. The van der Waals surface area contributed by atoms with Gasteiger partial charge in [0.2, 0.25) is 5.91 Å². The van der Waals surface area contributed by atoms with Crippen molar-refractivity contribution in [2.45, 2.75) is 13.3 Å². The van der Waals surface area contributed by atoms with Crippen molar-refractivity contribution in [3.8, 4) is 0 Å². The van der Waals surface area contributed by atoms with Crippen LogP contribution in [0, 0.1) is 5.92 Å². The second-order valence-corrected chi connectivity index (χ2v) is 6.41. The van der Waals surface area contributed by atoms with E-state index in [1.54, 1.807) is 6.92 Å². The molecule has 0 aliphatic carbocycles. The molecule has 0 aromatic rings. The van der Waals surface area contributed by atoms with Gasteiger partial charge in [-0.3, -0.25) is 9.59 Å². The standard InChI is InChI=1S/C10H21N3O5S/c1-8(10(16)11-2)7-13(4)19(17,18)12(3)6-5-9(14)15/h8H,5-7H2,1-4H3,(H,11,16)(H,14,15). The molecule has 0 saturated carbocycles. The Bertz CT molecular complexity index is 423. The maximum atomic E-state index is 12.0. The van der Waals surface area contributed by atoms with E-state index in [1.807, 2.05) is 0 Å². The monoisotopic (exact) mass is 295 g/mol. The SMILES string of the molecule is CNC(=O)C(C)CN(C)S(=O)(=O)N(C)CCC(=O)O. The molecule has 8 nitrogen and oxygen atoms in total. The van der Waals surface area contributed by atoms with Crippen molar-refractivity contribution < 1.29 is 23.1 Å². The van der Waals surface area contributed by atoms with Crippen molar-refractivity contribution in [1.82, 2.24) is 13.9 Å². The summed E-state index contributed by atoms with van der Waals surface area (Å²) in [6, 6.07) is 0. The van der Waals surface area contributed by atoms with Gasteiger partial charge in [0.15, 0.2) is 0 Å². The second-order valence-electron chi connectivity index (χ2n) is 4.27. The summed E-state index contributed by atoms with van der Waals surface area (Å²) in [6.07, 6.45) is -0.269. The number of hydrogen-bond donors (Lipinski definition) is 2. The van der Waals surface area contributed by atoms with Gasteiger partial charge in [-0.1, -0.05) is 6.92 Å². The molecule has 112 valence electrons. The first-order valence-corrected chi connectivity index (χ1v) is 7.13. The summed E-state index contributed by atoms with van der Waals surface area (Å²) in [7, 11) is 0.388. The first kappa shape index (κ1) is 17.8. The molecule has 0 bridgehead atoms. The van der Waals surface area contributed by atoms with E-state index in [4.69, 9.17) is 5.11 Å². The number of hydrogen-bond acceptors (Lipinski definition) is 4. The zero-order valence-electron chi connectivity index (χ0n) is 11.6.